The lowest BCUT2D eigenvalue weighted by atomic mass is 9.47. The third-order valence-corrected chi connectivity index (χ3v) is 8.22. The number of fused-ring (bicyclic) bond motifs is 5. The first-order chi connectivity index (χ1) is 10.9. The van der Waals surface area contributed by atoms with Crippen molar-refractivity contribution in [3.8, 4) is 0 Å². The molecular formula is C21H30O2. The van der Waals surface area contributed by atoms with Gasteiger partial charge in [-0.25, -0.2) is 0 Å². The molecule has 0 aliphatic heterocycles. The molecule has 0 aromatic heterocycles. The van der Waals surface area contributed by atoms with Crippen LogP contribution in [0.5, 0.6) is 0 Å². The Morgan fingerprint density at radius 2 is 2.00 bits per heavy atom. The molecule has 4 aliphatic carbocycles. The molecule has 0 saturated heterocycles. The first-order valence-electron chi connectivity index (χ1n) is 9.43. The number of Topliss-reactive ketones (excluding diaryl/α,β-unsaturated/α-hetero) is 1. The molecule has 126 valence electrons. The van der Waals surface area contributed by atoms with Crippen LogP contribution in [-0.4, -0.2) is 17.0 Å². The van der Waals surface area contributed by atoms with E-state index < -0.39 is 0 Å². The van der Waals surface area contributed by atoms with Gasteiger partial charge >= 0.3 is 0 Å². The molecule has 0 amide bonds. The van der Waals surface area contributed by atoms with Gasteiger partial charge < -0.3 is 5.11 Å². The summed E-state index contributed by atoms with van der Waals surface area (Å²) in [7, 11) is 0. The molecule has 3 fully saturated rings. The van der Waals surface area contributed by atoms with E-state index in [4.69, 9.17) is 0 Å². The highest BCUT2D eigenvalue weighted by Crippen LogP contribution is 2.64. The van der Waals surface area contributed by atoms with Gasteiger partial charge in [0.25, 0.3) is 0 Å². The number of hydrogen-bond donors (Lipinski definition) is 1. The van der Waals surface area contributed by atoms with Gasteiger partial charge in [0.05, 0.1) is 6.10 Å². The van der Waals surface area contributed by atoms with Gasteiger partial charge in [-0.1, -0.05) is 31.6 Å². The van der Waals surface area contributed by atoms with Crippen molar-refractivity contribution < 1.29 is 9.90 Å². The number of aliphatic hydroxyl groups excluding tert-OH is 1. The number of carbonyl (C=O) groups is 1. The molecule has 1 N–H and O–H groups in total. The van der Waals surface area contributed by atoms with E-state index in [0.717, 1.165) is 38.5 Å². The second-order valence-corrected chi connectivity index (χ2v) is 9.05. The Hall–Kier alpha value is -0.890. The molecule has 0 radical (unpaired) electrons. The molecular weight excluding hydrogens is 284 g/mol. The molecule has 3 saturated carbocycles. The SMILES string of the molecule is C=CC1C[C@@]2(C)C(=CC[C@@H]3[C@H]2CC[C@]2(C)C(=O)CC[C@@H]32)CC1O. The zero-order valence-electron chi connectivity index (χ0n) is 14.6. The standard InChI is InChI=1S/C21H30O2/c1-4-13-12-21(3)14(11-18(13)22)5-6-15-16-7-8-19(23)20(16,2)10-9-17(15)21/h4-5,13,15-18,22H,1,6-12H2,2-3H3/t13?,15-,16-,17+,18?,20-,21-/m0/s1. The Morgan fingerprint density at radius 1 is 1.26 bits per heavy atom. The van der Waals surface area contributed by atoms with E-state index in [1.54, 1.807) is 0 Å². The van der Waals surface area contributed by atoms with Crippen molar-refractivity contribution in [3.63, 3.8) is 0 Å². The maximum absolute atomic E-state index is 12.4. The van der Waals surface area contributed by atoms with E-state index in [-0.39, 0.29) is 22.9 Å². The fourth-order valence-corrected chi connectivity index (χ4v) is 6.77. The predicted octanol–water partition coefficient (Wildman–Crippen LogP) is 4.29. The third-order valence-electron chi connectivity index (χ3n) is 8.22. The molecule has 7 atom stereocenters. The molecule has 0 aromatic carbocycles. The van der Waals surface area contributed by atoms with Gasteiger partial charge in [0, 0.05) is 17.8 Å². The Morgan fingerprint density at radius 3 is 2.74 bits per heavy atom. The van der Waals surface area contributed by atoms with Crippen LogP contribution >= 0.6 is 0 Å². The van der Waals surface area contributed by atoms with Crippen LogP contribution in [0, 0.1) is 34.5 Å². The Labute approximate surface area is 140 Å². The Balaban J connectivity index is 1.70. The van der Waals surface area contributed by atoms with Crippen molar-refractivity contribution in [2.24, 2.45) is 34.5 Å². The van der Waals surface area contributed by atoms with E-state index in [1.165, 1.54) is 12.0 Å². The molecule has 0 bridgehead atoms. The third kappa shape index (κ3) is 2.00. The van der Waals surface area contributed by atoms with Crippen LogP contribution in [0.4, 0.5) is 0 Å². The summed E-state index contributed by atoms with van der Waals surface area (Å²) in [5.74, 6) is 2.66. The van der Waals surface area contributed by atoms with Gasteiger partial charge in [0.2, 0.25) is 0 Å². The van der Waals surface area contributed by atoms with E-state index in [1.807, 2.05) is 6.08 Å². The van der Waals surface area contributed by atoms with Crippen LogP contribution in [0.25, 0.3) is 0 Å². The summed E-state index contributed by atoms with van der Waals surface area (Å²) in [6, 6.07) is 0. The maximum atomic E-state index is 12.4. The van der Waals surface area contributed by atoms with Crippen molar-refractivity contribution >= 4 is 5.78 Å². The summed E-state index contributed by atoms with van der Waals surface area (Å²) in [6.07, 6.45) is 11.2. The minimum absolute atomic E-state index is 0.0467. The summed E-state index contributed by atoms with van der Waals surface area (Å²) in [5.41, 5.74) is 1.64. The minimum atomic E-state index is -0.259. The quantitative estimate of drug-likeness (QED) is 0.733. The van der Waals surface area contributed by atoms with Crippen molar-refractivity contribution in [2.75, 3.05) is 0 Å². The molecule has 2 nitrogen and oxygen atoms in total. The summed E-state index contributed by atoms with van der Waals surface area (Å²) in [6.45, 7) is 8.62. The summed E-state index contributed by atoms with van der Waals surface area (Å²) >= 11 is 0. The predicted molar refractivity (Wildman–Crippen MR) is 91.8 cm³/mol. The van der Waals surface area contributed by atoms with Crippen LogP contribution in [0.15, 0.2) is 24.3 Å². The van der Waals surface area contributed by atoms with Crippen LogP contribution in [-0.2, 0) is 4.79 Å². The fraction of sp³-hybridized carbons (Fsp3) is 0.762. The second-order valence-electron chi connectivity index (χ2n) is 9.05. The van der Waals surface area contributed by atoms with Crippen molar-refractivity contribution in [3.05, 3.63) is 24.3 Å². The van der Waals surface area contributed by atoms with Gasteiger partial charge in [-0.15, -0.1) is 6.58 Å². The first kappa shape index (κ1) is 15.6. The average molecular weight is 314 g/mol. The molecule has 4 rings (SSSR count). The van der Waals surface area contributed by atoms with Crippen LogP contribution in [0.3, 0.4) is 0 Å². The van der Waals surface area contributed by atoms with Crippen LogP contribution < -0.4 is 0 Å². The number of rotatable bonds is 1. The topological polar surface area (TPSA) is 37.3 Å². The van der Waals surface area contributed by atoms with Gasteiger partial charge in [-0.2, -0.15) is 0 Å². The van der Waals surface area contributed by atoms with E-state index in [2.05, 4.69) is 26.5 Å². The Bertz CT molecular complexity index is 576. The van der Waals surface area contributed by atoms with E-state index >= 15 is 0 Å². The number of aliphatic hydroxyl groups is 1. The summed E-state index contributed by atoms with van der Waals surface area (Å²) < 4.78 is 0. The largest absolute Gasteiger partial charge is 0.392 e. The molecule has 0 spiro atoms. The maximum Gasteiger partial charge on any atom is 0.139 e. The first-order valence-corrected chi connectivity index (χ1v) is 9.43. The summed E-state index contributed by atoms with van der Waals surface area (Å²) in [4.78, 5) is 12.4. The number of hydrogen-bond acceptors (Lipinski definition) is 2. The van der Waals surface area contributed by atoms with Gasteiger partial charge in [-0.05, 0) is 61.7 Å². The highest BCUT2D eigenvalue weighted by molar-refractivity contribution is 5.87. The lowest BCUT2D eigenvalue weighted by molar-refractivity contribution is -0.132. The molecule has 2 unspecified atom stereocenters. The Kier molecular flexibility index (Phi) is 3.43. The van der Waals surface area contributed by atoms with Gasteiger partial charge in [-0.3, -0.25) is 4.79 Å². The van der Waals surface area contributed by atoms with Crippen LogP contribution in [0.1, 0.15) is 58.8 Å². The molecule has 4 aliphatic rings. The van der Waals surface area contributed by atoms with Crippen molar-refractivity contribution in [2.45, 2.75) is 64.9 Å². The van der Waals surface area contributed by atoms with Gasteiger partial charge in [0.1, 0.15) is 5.78 Å². The fourth-order valence-electron chi connectivity index (χ4n) is 6.77. The highest BCUT2D eigenvalue weighted by atomic mass is 16.3. The lowest BCUT2D eigenvalue weighted by Crippen LogP contribution is -2.51. The minimum Gasteiger partial charge on any atom is -0.392 e. The molecule has 0 heterocycles. The number of ketones is 1. The van der Waals surface area contributed by atoms with E-state index in [9.17, 15) is 9.90 Å². The molecule has 0 aromatic rings. The summed E-state index contributed by atoms with van der Waals surface area (Å²) in [5, 5.41) is 10.4. The smallest absolute Gasteiger partial charge is 0.139 e. The average Bonchev–Trinajstić information content (AvgIpc) is 2.83. The number of carbonyl (C=O) groups excluding carboxylic acids is 1. The van der Waals surface area contributed by atoms with Gasteiger partial charge in [0.15, 0.2) is 0 Å². The normalized spacial score (nSPS) is 52.2. The zero-order chi connectivity index (χ0) is 16.4. The number of allylic oxidation sites excluding steroid dienone is 1. The van der Waals surface area contributed by atoms with Crippen LogP contribution in [0.2, 0.25) is 0 Å². The zero-order valence-corrected chi connectivity index (χ0v) is 14.6. The van der Waals surface area contributed by atoms with Crippen molar-refractivity contribution in [1.29, 1.82) is 0 Å². The second kappa shape index (κ2) is 5.05. The molecule has 2 heteroatoms. The highest BCUT2D eigenvalue weighted by Gasteiger charge is 2.59. The molecule has 23 heavy (non-hydrogen) atoms. The monoisotopic (exact) mass is 314 g/mol. The lowest BCUT2D eigenvalue weighted by Gasteiger charge is -2.57. The van der Waals surface area contributed by atoms with E-state index in [0.29, 0.717) is 23.5 Å². The van der Waals surface area contributed by atoms with Crippen molar-refractivity contribution in [1.82, 2.24) is 0 Å².